The highest BCUT2D eigenvalue weighted by atomic mass is 35.5. The average molecular weight is 398 g/mol. The molecular weight excluding hydrogens is 382 g/mol. The second-order valence-electron chi connectivity index (χ2n) is 4.70. The van der Waals surface area contributed by atoms with Crippen LogP contribution in [-0.2, 0) is 0 Å². The van der Waals surface area contributed by atoms with Gasteiger partial charge >= 0.3 is 18.1 Å². The number of nitrogens with zero attached hydrogens (tertiary/aromatic N) is 3. The van der Waals surface area contributed by atoms with Crippen LogP contribution in [0, 0.1) is 0 Å². The summed E-state index contributed by atoms with van der Waals surface area (Å²) in [5.74, 6) is -0.763. The molecule has 0 radical (unpaired) electrons. The van der Waals surface area contributed by atoms with Crippen molar-refractivity contribution in [2.45, 2.75) is 0 Å². The lowest BCUT2D eigenvalue weighted by atomic mass is 10.1. The minimum atomic E-state index is -0.917. The molecule has 0 saturated heterocycles. The highest BCUT2D eigenvalue weighted by Gasteiger charge is 2.23. The maximum atomic E-state index is 12.5. The Morgan fingerprint density at radius 1 is 0.926 bits per heavy atom. The van der Waals surface area contributed by atoms with Crippen LogP contribution in [0.4, 0.5) is 10.7 Å². The van der Waals surface area contributed by atoms with E-state index in [1.807, 2.05) is 0 Å². The molecule has 0 fully saturated rings. The van der Waals surface area contributed by atoms with Gasteiger partial charge in [0.1, 0.15) is 11.3 Å². The highest BCUT2D eigenvalue weighted by Crippen LogP contribution is 2.35. The van der Waals surface area contributed by atoms with E-state index in [4.69, 9.17) is 30.5 Å². The number of halogens is 1. The van der Waals surface area contributed by atoms with Crippen LogP contribution in [0.3, 0.4) is 0 Å². The van der Waals surface area contributed by atoms with Gasteiger partial charge in [-0.05, 0) is 12.1 Å². The maximum Gasteiger partial charge on any atom is 0.328 e. The van der Waals surface area contributed by atoms with Gasteiger partial charge in [0.05, 0.1) is 33.5 Å². The van der Waals surface area contributed by atoms with Crippen molar-refractivity contribution in [2.75, 3.05) is 33.8 Å². The second-order valence-corrected chi connectivity index (χ2v) is 5.11. The van der Waals surface area contributed by atoms with Gasteiger partial charge in [0.15, 0.2) is 5.75 Å². The number of rotatable bonds is 6. The van der Waals surface area contributed by atoms with E-state index < -0.39 is 11.9 Å². The number of hydrogen-bond acceptors (Lipinski definition) is 9. The Kier molecular flexibility index (Phi) is 6.55. The Bertz CT molecular complexity index is 841. The molecule has 144 valence electrons. The number of benzene rings is 1. The van der Waals surface area contributed by atoms with Gasteiger partial charge in [-0.1, -0.05) is 11.6 Å². The molecule has 12 heteroatoms. The summed E-state index contributed by atoms with van der Waals surface area (Å²) >= 11 is 6.02. The molecule has 2 N–H and O–H groups in total. The fourth-order valence-corrected chi connectivity index (χ4v) is 2.23. The van der Waals surface area contributed by atoms with Gasteiger partial charge in [-0.2, -0.15) is 9.97 Å². The lowest BCUT2D eigenvalue weighted by Gasteiger charge is -2.14. The number of urea groups is 1. The molecule has 1 heterocycles. The average Bonchev–Trinajstić information content (AvgIpc) is 2.66. The number of amides is 3. The summed E-state index contributed by atoms with van der Waals surface area (Å²) < 4.78 is 20.0. The minimum absolute atomic E-state index is 0.0477. The molecular formula is C15H16ClN5O6. The van der Waals surface area contributed by atoms with Crippen LogP contribution in [0.25, 0.3) is 0 Å². The summed E-state index contributed by atoms with van der Waals surface area (Å²) in [6.07, 6.45) is 0. The van der Waals surface area contributed by atoms with Crippen molar-refractivity contribution in [3.63, 3.8) is 0 Å². The third kappa shape index (κ3) is 4.64. The predicted molar refractivity (Wildman–Crippen MR) is 94.0 cm³/mol. The number of aromatic nitrogens is 3. The fourth-order valence-electron chi connectivity index (χ4n) is 2.00. The number of hydrogen-bond donors (Lipinski definition) is 2. The zero-order valence-corrected chi connectivity index (χ0v) is 15.6. The summed E-state index contributed by atoms with van der Waals surface area (Å²) in [4.78, 5) is 36.1. The van der Waals surface area contributed by atoms with E-state index in [-0.39, 0.29) is 40.1 Å². The lowest BCUT2D eigenvalue weighted by Crippen LogP contribution is -2.35. The van der Waals surface area contributed by atoms with E-state index >= 15 is 0 Å². The van der Waals surface area contributed by atoms with Gasteiger partial charge in [0.25, 0.3) is 5.91 Å². The van der Waals surface area contributed by atoms with Crippen LogP contribution in [0.5, 0.6) is 23.5 Å². The van der Waals surface area contributed by atoms with Crippen LogP contribution in [0.1, 0.15) is 10.4 Å². The minimum Gasteiger partial charge on any atom is -0.496 e. The van der Waals surface area contributed by atoms with E-state index in [2.05, 4.69) is 25.6 Å². The summed E-state index contributed by atoms with van der Waals surface area (Å²) in [5.41, 5.74) is -0.0477. The van der Waals surface area contributed by atoms with Gasteiger partial charge < -0.3 is 18.9 Å². The molecule has 1 aromatic heterocycles. The number of anilines is 1. The van der Waals surface area contributed by atoms with Crippen molar-refractivity contribution < 1.29 is 28.5 Å². The molecule has 2 rings (SSSR count). The molecule has 0 unspecified atom stereocenters. The number of methoxy groups -OCH3 is 4. The normalized spacial score (nSPS) is 9.96. The number of nitrogens with one attached hydrogen (secondary N) is 2. The quantitative estimate of drug-likeness (QED) is 0.743. The third-order valence-corrected chi connectivity index (χ3v) is 3.43. The summed E-state index contributed by atoms with van der Waals surface area (Å²) in [7, 11) is 5.36. The first-order chi connectivity index (χ1) is 12.9. The summed E-state index contributed by atoms with van der Waals surface area (Å²) in [5, 5.41) is 4.56. The topological polar surface area (TPSA) is 134 Å². The van der Waals surface area contributed by atoms with Crippen molar-refractivity contribution in [1.82, 2.24) is 20.3 Å². The van der Waals surface area contributed by atoms with Crippen LogP contribution in [-0.4, -0.2) is 55.3 Å². The molecule has 11 nitrogen and oxygen atoms in total. The first-order valence-corrected chi connectivity index (χ1v) is 7.68. The van der Waals surface area contributed by atoms with Gasteiger partial charge in [-0.3, -0.25) is 15.4 Å². The number of imide groups is 1. The molecule has 0 spiro atoms. The van der Waals surface area contributed by atoms with Crippen molar-refractivity contribution in [1.29, 1.82) is 0 Å². The van der Waals surface area contributed by atoms with Crippen molar-refractivity contribution in [3.05, 3.63) is 22.7 Å². The second kappa shape index (κ2) is 8.85. The monoisotopic (exact) mass is 397 g/mol. The lowest BCUT2D eigenvalue weighted by molar-refractivity contribution is 0.0961. The largest absolute Gasteiger partial charge is 0.496 e. The van der Waals surface area contributed by atoms with Crippen molar-refractivity contribution in [2.24, 2.45) is 0 Å². The highest BCUT2D eigenvalue weighted by molar-refractivity contribution is 6.33. The zero-order chi connectivity index (χ0) is 20.0. The van der Waals surface area contributed by atoms with E-state index in [0.717, 1.165) is 0 Å². The molecule has 3 amide bonds. The Hall–Kier alpha value is -3.34. The summed E-state index contributed by atoms with van der Waals surface area (Å²) in [6.45, 7) is 0. The molecule has 0 saturated carbocycles. The first kappa shape index (κ1) is 20.0. The summed E-state index contributed by atoms with van der Waals surface area (Å²) in [6, 6.07) is 1.89. The molecule has 0 bridgehead atoms. The van der Waals surface area contributed by atoms with Gasteiger partial charge in [0, 0.05) is 0 Å². The predicted octanol–water partition coefficient (Wildman–Crippen LogP) is 1.52. The van der Waals surface area contributed by atoms with E-state index in [1.54, 1.807) is 0 Å². The van der Waals surface area contributed by atoms with Crippen molar-refractivity contribution >= 4 is 29.5 Å². The Morgan fingerprint density at radius 3 is 2.07 bits per heavy atom. The number of carbonyl (C=O) groups is 2. The van der Waals surface area contributed by atoms with E-state index in [0.29, 0.717) is 0 Å². The standard InChI is InChI=1S/C15H16ClN5O6/c1-24-8-6-5-7(16)10(25-2)9(8)11(22)17-13(23)18-12-19-14(26-3)21-15(20-12)27-4/h5-6H,1-4H3,(H2,17,18,19,20,21,22,23). The number of carbonyl (C=O) groups excluding carboxylic acids is 2. The molecule has 2 aromatic rings. The number of ether oxygens (including phenoxy) is 4. The molecule has 0 aliphatic carbocycles. The first-order valence-electron chi connectivity index (χ1n) is 7.30. The molecule has 0 aliphatic rings. The van der Waals surface area contributed by atoms with E-state index in [1.165, 1.54) is 40.6 Å². The van der Waals surface area contributed by atoms with E-state index in [9.17, 15) is 9.59 Å². The van der Waals surface area contributed by atoms with Gasteiger partial charge in [0.2, 0.25) is 5.95 Å². The molecule has 27 heavy (non-hydrogen) atoms. The van der Waals surface area contributed by atoms with Crippen molar-refractivity contribution in [3.8, 4) is 23.5 Å². The molecule has 0 atom stereocenters. The Balaban J connectivity index is 2.22. The third-order valence-electron chi connectivity index (χ3n) is 3.13. The smallest absolute Gasteiger partial charge is 0.328 e. The van der Waals surface area contributed by atoms with Crippen LogP contribution in [0.15, 0.2) is 12.1 Å². The SMILES string of the molecule is COc1nc(NC(=O)NC(=O)c2c(OC)ccc(Cl)c2OC)nc(OC)n1. The Morgan fingerprint density at radius 2 is 1.56 bits per heavy atom. The zero-order valence-electron chi connectivity index (χ0n) is 14.8. The van der Waals surface area contributed by atoms with Gasteiger partial charge in [-0.25, -0.2) is 4.79 Å². The van der Waals surface area contributed by atoms with Crippen LogP contribution in [0.2, 0.25) is 5.02 Å². The molecule has 0 aliphatic heterocycles. The van der Waals surface area contributed by atoms with Gasteiger partial charge in [-0.15, -0.1) is 4.98 Å². The fraction of sp³-hybridized carbons (Fsp3) is 0.267. The van der Waals surface area contributed by atoms with Crippen LogP contribution < -0.4 is 29.6 Å². The van der Waals surface area contributed by atoms with Crippen LogP contribution >= 0.6 is 11.6 Å². The Labute approximate surface area is 159 Å². The molecule has 1 aromatic carbocycles. The maximum absolute atomic E-state index is 12.5.